The van der Waals surface area contributed by atoms with E-state index in [9.17, 15) is 9.59 Å². The maximum absolute atomic E-state index is 12.7. The van der Waals surface area contributed by atoms with E-state index >= 15 is 0 Å². The van der Waals surface area contributed by atoms with Gasteiger partial charge in [0.05, 0.1) is 22.4 Å². The molecule has 0 spiro atoms. The van der Waals surface area contributed by atoms with Gasteiger partial charge in [-0.2, -0.15) is 0 Å². The van der Waals surface area contributed by atoms with E-state index in [1.165, 1.54) is 12.7 Å². The van der Waals surface area contributed by atoms with Crippen molar-refractivity contribution in [3.63, 3.8) is 0 Å². The average Bonchev–Trinajstić information content (AvgIpc) is 3.37. The summed E-state index contributed by atoms with van der Waals surface area (Å²) >= 11 is 0. The molecular weight excluding hydrogens is 512 g/mol. The fourth-order valence-electron chi connectivity index (χ4n) is 6.45. The number of carbonyl (C=O) groups is 2. The molecule has 0 aromatic heterocycles. The third-order valence-corrected chi connectivity index (χ3v) is 7.43. The molecule has 4 heterocycles. The Labute approximate surface area is 237 Å². The number of unbranched alkanes of at least 4 members (excludes halogenated alkanes) is 5. The molecule has 0 saturated carbocycles. The summed E-state index contributed by atoms with van der Waals surface area (Å²) < 4.78 is 11.7. The van der Waals surface area contributed by atoms with Crippen LogP contribution in [-0.4, -0.2) is 70.1 Å². The minimum atomic E-state index is -1.25. The number of nitrogens with one attached hydrogen (secondary N) is 4. The molecule has 4 N–H and O–H groups in total. The van der Waals surface area contributed by atoms with E-state index in [0.717, 1.165) is 38.5 Å². The van der Waals surface area contributed by atoms with Crippen LogP contribution in [0.25, 0.3) is 0 Å². The lowest BCUT2D eigenvalue weighted by Gasteiger charge is -2.50. The molecule has 0 aliphatic carbocycles. The van der Waals surface area contributed by atoms with E-state index in [1.807, 2.05) is 55.4 Å². The van der Waals surface area contributed by atoms with Crippen LogP contribution in [0.3, 0.4) is 0 Å². The van der Waals surface area contributed by atoms with E-state index < -0.39 is 34.1 Å². The van der Waals surface area contributed by atoms with Crippen LogP contribution < -0.4 is 21.3 Å². The molecule has 2 fully saturated rings. The Bertz CT molecular complexity index is 1050. The van der Waals surface area contributed by atoms with Gasteiger partial charge < -0.3 is 9.47 Å². The minimum Gasteiger partial charge on any atom is -0.417 e. The Morgan fingerprint density at radius 2 is 0.950 bits per heavy atom. The summed E-state index contributed by atoms with van der Waals surface area (Å²) in [5, 5.41) is 13.5. The molecule has 2 unspecified atom stereocenters. The summed E-state index contributed by atoms with van der Waals surface area (Å²) in [4.78, 5) is 43.0. The molecule has 2 atom stereocenters. The number of rotatable bonds is 11. The van der Waals surface area contributed by atoms with Gasteiger partial charge in [-0.1, -0.05) is 25.7 Å². The van der Waals surface area contributed by atoms with Gasteiger partial charge in [0, 0.05) is 12.8 Å². The molecule has 0 bridgehead atoms. The second-order valence-corrected chi connectivity index (χ2v) is 13.3. The number of esters is 2. The van der Waals surface area contributed by atoms with E-state index in [1.54, 1.807) is 0 Å². The summed E-state index contributed by atoms with van der Waals surface area (Å²) in [5.74, 6) is -3.11. The van der Waals surface area contributed by atoms with Gasteiger partial charge in [0.2, 0.25) is 0 Å². The van der Waals surface area contributed by atoms with E-state index in [2.05, 4.69) is 41.2 Å². The zero-order valence-electron chi connectivity index (χ0n) is 25.2. The highest BCUT2D eigenvalue weighted by Gasteiger charge is 2.57. The van der Waals surface area contributed by atoms with E-state index in [-0.39, 0.29) is 11.9 Å². The Balaban J connectivity index is 1.13. The second kappa shape index (κ2) is 10.7. The van der Waals surface area contributed by atoms with E-state index in [4.69, 9.17) is 9.47 Å². The lowest BCUT2D eigenvalue weighted by atomic mass is 9.88. The number of ether oxygens (including phenoxy) is 2. The second-order valence-electron chi connectivity index (χ2n) is 13.3. The smallest absolute Gasteiger partial charge is 0.309 e. The summed E-state index contributed by atoms with van der Waals surface area (Å²) in [6.07, 6.45) is 8.74. The zero-order valence-corrected chi connectivity index (χ0v) is 25.2. The van der Waals surface area contributed by atoms with Gasteiger partial charge in [0.25, 0.3) is 0 Å². The van der Waals surface area contributed by atoms with Crippen molar-refractivity contribution in [1.82, 2.24) is 21.3 Å². The predicted molar refractivity (Wildman–Crippen MR) is 155 cm³/mol. The van der Waals surface area contributed by atoms with Crippen LogP contribution in [0.2, 0.25) is 0 Å². The highest BCUT2D eigenvalue weighted by molar-refractivity contribution is 6.09. The van der Waals surface area contributed by atoms with Gasteiger partial charge in [-0.25, -0.2) is 30.6 Å². The first-order valence-electron chi connectivity index (χ1n) is 14.4. The Morgan fingerprint density at radius 3 is 1.32 bits per heavy atom. The van der Waals surface area contributed by atoms with Crippen LogP contribution in [0.1, 0.15) is 107 Å². The van der Waals surface area contributed by atoms with Crippen molar-refractivity contribution in [2.24, 2.45) is 20.0 Å². The third kappa shape index (κ3) is 6.50. The van der Waals surface area contributed by atoms with Crippen LogP contribution in [-0.2, 0) is 19.1 Å². The first-order valence-corrected chi connectivity index (χ1v) is 14.4. The normalized spacial score (nSPS) is 30.2. The number of carbonyl (C=O) groups excluding carboxylic acids is 2. The monoisotopic (exact) mass is 558 g/mol. The van der Waals surface area contributed by atoms with Crippen molar-refractivity contribution in [2.75, 3.05) is 0 Å². The van der Waals surface area contributed by atoms with E-state index in [0.29, 0.717) is 24.3 Å². The molecule has 12 heteroatoms. The van der Waals surface area contributed by atoms with Crippen molar-refractivity contribution in [3.8, 4) is 0 Å². The first kappa shape index (κ1) is 30.4. The molecule has 0 radical (unpaired) electrons. The van der Waals surface area contributed by atoms with Crippen molar-refractivity contribution in [3.05, 3.63) is 0 Å². The Kier molecular flexibility index (Phi) is 8.14. The number of hydrogen-bond acceptors (Lipinski definition) is 12. The number of aliphatic imine (C=N–C) groups is 4. The van der Waals surface area contributed by atoms with Crippen LogP contribution in [0.4, 0.5) is 0 Å². The number of nitrogens with zero attached hydrogens (tertiary/aromatic N) is 4. The average molecular weight is 559 g/mol. The van der Waals surface area contributed by atoms with Gasteiger partial charge in [-0.15, -0.1) is 0 Å². The number of hydrogen-bond donors (Lipinski definition) is 4. The summed E-state index contributed by atoms with van der Waals surface area (Å²) in [6, 6.07) is 0. The van der Waals surface area contributed by atoms with Gasteiger partial charge in [0.1, 0.15) is 24.1 Å². The van der Waals surface area contributed by atoms with Crippen LogP contribution >= 0.6 is 0 Å². The molecular formula is C28H46N8O4. The fraction of sp³-hybridized carbons (Fsp3) is 0.786. The molecule has 12 nitrogen and oxygen atoms in total. The Hall–Kier alpha value is -2.54. The molecule has 4 aliphatic rings. The fourth-order valence-corrected chi connectivity index (χ4v) is 6.45. The summed E-state index contributed by atoms with van der Waals surface area (Å²) in [6.45, 7) is 15.9. The van der Waals surface area contributed by atoms with Gasteiger partial charge >= 0.3 is 23.6 Å². The molecule has 0 aromatic rings. The molecule has 4 aliphatic heterocycles. The van der Waals surface area contributed by atoms with Crippen LogP contribution in [0.5, 0.6) is 0 Å². The SMILES string of the molecule is CC1(C)NC(C)(C)C2=NC=NC2(OC(=O)CCCCCCCCC(=O)OC23N=CN=C2C(C)(C)NC(C)(C)N3)N1. The van der Waals surface area contributed by atoms with Gasteiger partial charge in [0.15, 0.2) is 0 Å². The third-order valence-electron chi connectivity index (χ3n) is 7.43. The summed E-state index contributed by atoms with van der Waals surface area (Å²) in [5.41, 5.74) is -0.637. The van der Waals surface area contributed by atoms with Gasteiger partial charge in [-0.3, -0.25) is 20.2 Å². The highest BCUT2D eigenvalue weighted by atomic mass is 16.6. The van der Waals surface area contributed by atoms with Crippen LogP contribution in [0.15, 0.2) is 20.0 Å². The number of fused-ring (bicyclic) bond motifs is 2. The molecule has 4 rings (SSSR count). The molecule has 0 amide bonds. The first-order chi connectivity index (χ1) is 18.5. The topological polar surface area (TPSA) is 150 Å². The lowest BCUT2D eigenvalue weighted by molar-refractivity contribution is -0.160. The maximum Gasteiger partial charge on any atom is 0.309 e. The standard InChI is InChI=1S/C28H46N8O4/c1-23(2)21-27(31-17-29-21,35-25(5,6)33-23)39-19(37)15-13-11-9-10-12-14-16-20(38)40-28-22(30-18-32-28)24(3,4)34-26(7,8)36-28/h17-18,33-36H,9-16H2,1-8H3. The Morgan fingerprint density at radius 1 is 0.600 bits per heavy atom. The zero-order chi connectivity index (χ0) is 29.5. The molecule has 2 saturated heterocycles. The maximum atomic E-state index is 12.7. The van der Waals surface area contributed by atoms with Crippen molar-refractivity contribution >= 4 is 36.0 Å². The minimum absolute atomic E-state index is 0.301. The van der Waals surface area contributed by atoms with Crippen molar-refractivity contribution in [1.29, 1.82) is 0 Å². The molecule has 40 heavy (non-hydrogen) atoms. The molecule has 0 aromatic carbocycles. The lowest BCUT2D eigenvalue weighted by Crippen LogP contribution is -2.78. The van der Waals surface area contributed by atoms with Crippen molar-refractivity contribution < 1.29 is 19.1 Å². The molecule has 222 valence electrons. The van der Waals surface area contributed by atoms with Crippen molar-refractivity contribution in [2.45, 2.75) is 141 Å². The van der Waals surface area contributed by atoms with Crippen LogP contribution in [0, 0.1) is 0 Å². The predicted octanol–water partition coefficient (Wildman–Crippen LogP) is 2.88. The summed E-state index contributed by atoms with van der Waals surface area (Å²) in [7, 11) is 0. The van der Waals surface area contributed by atoms with Gasteiger partial charge in [-0.05, 0) is 68.2 Å². The highest BCUT2D eigenvalue weighted by Crippen LogP contribution is 2.33. The quantitative estimate of drug-likeness (QED) is 0.223. The largest absolute Gasteiger partial charge is 0.417 e.